The van der Waals surface area contributed by atoms with E-state index in [9.17, 15) is 13.2 Å². The Bertz CT molecular complexity index is 1190. The van der Waals surface area contributed by atoms with Gasteiger partial charge in [-0.15, -0.1) is 0 Å². The molecule has 9 heteroatoms. The highest BCUT2D eigenvalue weighted by atomic mass is 19.4. The number of alkyl halides is 3. The van der Waals surface area contributed by atoms with E-state index in [-0.39, 0.29) is 5.69 Å². The van der Waals surface area contributed by atoms with Crippen molar-refractivity contribution in [1.29, 1.82) is 0 Å². The van der Waals surface area contributed by atoms with Gasteiger partial charge in [-0.25, -0.2) is 0 Å². The molecular weight excluding hydrogens is 393 g/mol. The third-order valence-electron chi connectivity index (χ3n) is 4.89. The van der Waals surface area contributed by atoms with Crippen molar-refractivity contribution < 1.29 is 13.2 Å². The maximum atomic E-state index is 12.9. The minimum atomic E-state index is -4.49. The van der Waals surface area contributed by atoms with E-state index >= 15 is 0 Å². The minimum Gasteiger partial charge on any atom is -0.282 e. The molecule has 0 amide bonds. The van der Waals surface area contributed by atoms with Crippen molar-refractivity contribution in [2.75, 3.05) is 0 Å². The first-order chi connectivity index (χ1) is 14.1. The number of hydrogen-bond donors (Lipinski definition) is 2. The van der Waals surface area contributed by atoms with Gasteiger partial charge in [0.25, 0.3) is 0 Å². The molecule has 4 aromatic rings. The first-order valence-corrected chi connectivity index (χ1v) is 9.25. The summed E-state index contributed by atoms with van der Waals surface area (Å²) in [5, 5.41) is 12.9. The van der Waals surface area contributed by atoms with Crippen LogP contribution < -0.4 is 0 Å². The van der Waals surface area contributed by atoms with E-state index in [0.29, 0.717) is 11.4 Å². The Morgan fingerprint density at radius 3 is 1.73 bits per heavy atom. The Balaban J connectivity index is 1.70. The molecule has 0 aliphatic heterocycles. The smallest absolute Gasteiger partial charge is 0.282 e. The molecule has 0 unspecified atom stereocenters. The monoisotopic (exact) mass is 412 g/mol. The van der Waals surface area contributed by atoms with Crippen molar-refractivity contribution in [3.63, 3.8) is 0 Å². The van der Waals surface area contributed by atoms with Gasteiger partial charge in [-0.05, 0) is 57.2 Å². The molecule has 0 radical (unpaired) electrons. The lowest BCUT2D eigenvalue weighted by Gasteiger charge is -2.24. The van der Waals surface area contributed by atoms with Gasteiger partial charge in [0.05, 0.1) is 22.8 Å². The highest BCUT2D eigenvalue weighted by Crippen LogP contribution is 2.33. The van der Waals surface area contributed by atoms with Crippen molar-refractivity contribution in [3.8, 4) is 22.8 Å². The first kappa shape index (κ1) is 19.8. The lowest BCUT2D eigenvalue weighted by Crippen LogP contribution is -2.22. The maximum absolute atomic E-state index is 12.9. The summed E-state index contributed by atoms with van der Waals surface area (Å²) in [4.78, 5) is 9.33. The van der Waals surface area contributed by atoms with Gasteiger partial charge in [-0.2, -0.15) is 23.4 Å². The molecule has 154 valence electrons. The number of H-pyrrole nitrogens is 2. The lowest BCUT2D eigenvalue weighted by atomic mass is 9.84. The molecule has 4 rings (SSSR count). The topological polar surface area (TPSA) is 83.1 Å². The summed E-state index contributed by atoms with van der Waals surface area (Å²) in [5.41, 5.74) is 2.81. The van der Waals surface area contributed by atoms with Crippen molar-refractivity contribution in [2.45, 2.75) is 32.4 Å². The molecule has 0 aliphatic rings. The van der Waals surface area contributed by atoms with Crippen LogP contribution in [0.2, 0.25) is 0 Å². The van der Waals surface area contributed by atoms with Crippen LogP contribution in [-0.4, -0.2) is 30.4 Å². The van der Waals surface area contributed by atoms with Crippen molar-refractivity contribution in [3.05, 3.63) is 71.3 Å². The fraction of sp³-hybridized carbons (Fsp3) is 0.238. The summed E-state index contributed by atoms with van der Waals surface area (Å²) < 4.78 is 38.6. The Hall–Kier alpha value is -3.49. The summed E-state index contributed by atoms with van der Waals surface area (Å²) in [6, 6.07) is 13.7. The molecule has 6 nitrogen and oxygen atoms in total. The molecule has 0 aromatic carbocycles. The number of nitrogens with one attached hydrogen (secondary N) is 2. The molecule has 0 atom stereocenters. The maximum Gasteiger partial charge on any atom is 0.432 e. The van der Waals surface area contributed by atoms with Crippen LogP contribution in [0, 0.1) is 6.92 Å². The van der Waals surface area contributed by atoms with E-state index in [1.165, 1.54) is 0 Å². The van der Waals surface area contributed by atoms with Gasteiger partial charge in [-0.1, -0.05) is 12.1 Å². The third-order valence-corrected chi connectivity index (χ3v) is 4.89. The van der Waals surface area contributed by atoms with Gasteiger partial charge in [0.15, 0.2) is 0 Å². The Labute approximate surface area is 170 Å². The Morgan fingerprint density at radius 2 is 1.27 bits per heavy atom. The van der Waals surface area contributed by atoms with Gasteiger partial charge in [0.2, 0.25) is 0 Å². The highest BCUT2D eigenvalue weighted by Gasteiger charge is 2.33. The molecular formula is C21H19F3N6. The molecule has 0 bridgehead atoms. The molecule has 4 aromatic heterocycles. The van der Waals surface area contributed by atoms with Crippen molar-refractivity contribution >= 4 is 0 Å². The molecule has 4 heterocycles. The summed E-state index contributed by atoms with van der Waals surface area (Å²) in [6.45, 7) is 5.85. The van der Waals surface area contributed by atoms with Crippen LogP contribution in [0.3, 0.4) is 0 Å². The summed E-state index contributed by atoms with van der Waals surface area (Å²) in [7, 11) is 0. The number of halogens is 3. The zero-order valence-corrected chi connectivity index (χ0v) is 16.5. The number of aryl methyl sites for hydroxylation is 1. The average molecular weight is 412 g/mol. The average Bonchev–Trinajstić information content (AvgIpc) is 3.37. The van der Waals surface area contributed by atoms with E-state index < -0.39 is 17.3 Å². The van der Waals surface area contributed by atoms with E-state index in [4.69, 9.17) is 4.98 Å². The van der Waals surface area contributed by atoms with Gasteiger partial charge >= 0.3 is 6.18 Å². The number of rotatable bonds is 4. The summed E-state index contributed by atoms with van der Waals surface area (Å²) in [5.74, 6) is 0. The van der Waals surface area contributed by atoms with Crippen LogP contribution >= 0.6 is 0 Å². The van der Waals surface area contributed by atoms with Gasteiger partial charge in [-0.3, -0.25) is 20.2 Å². The number of pyridine rings is 2. The first-order valence-electron chi connectivity index (χ1n) is 9.25. The van der Waals surface area contributed by atoms with Crippen molar-refractivity contribution in [1.82, 2.24) is 30.4 Å². The molecule has 30 heavy (non-hydrogen) atoms. The zero-order valence-electron chi connectivity index (χ0n) is 16.5. The van der Waals surface area contributed by atoms with Crippen LogP contribution in [0.15, 0.2) is 48.5 Å². The summed E-state index contributed by atoms with van der Waals surface area (Å²) >= 11 is 0. The Morgan fingerprint density at radius 1 is 0.733 bits per heavy atom. The van der Waals surface area contributed by atoms with Crippen LogP contribution in [0.1, 0.15) is 36.6 Å². The van der Waals surface area contributed by atoms with Crippen LogP contribution in [0.4, 0.5) is 13.2 Å². The van der Waals surface area contributed by atoms with Gasteiger partial charge in [0.1, 0.15) is 17.1 Å². The summed E-state index contributed by atoms with van der Waals surface area (Å²) in [6.07, 6.45) is -4.49. The van der Waals surface area contributed by atoms with Crippen LogP contribution in [0.5, 0.6) is 0 Å². The Kier molecular flexibility index (Phi) is 4.68. The number of hydrogen-bond acceptors (Lipinski definition) is 4. The predicted molar refractivity (Wildman–Crippen MR) is 106 cm³/mol. The van der Waals surface area contributed by atoms with E-state index in [2.05, 4.69) is 20.3 Å². The fourth-order valence-electron chi connectivity index (χ4n) is 3.13. The molecule has 0 fully saturated rings. The number of aromatic nitrogens is 6. The van der Waals surface area contributed by atoms with E-state index in [1.807, 2.05) is 56.2 Å². The van der Waals surface area contributed by atoms with Gasteiger partial charge in [0, 0.05) is 11.1 Å². The van der Waals surface area contributed by atoms with Crippen LogP contribution in [0.25, 0.3) is 22.8 Å². The second-order valence-electron chi connectivity index (χ2n) is 7.54. The standard InChI is InChI=1S/C21H19F3N6/c1-12-10-15(28-27-12)13-6-4-8-17(25-13)20(2,3)18-9-5-7-14(26-18)16-11-19(30-29-16)21(22,23)24/h4-11H,1-3H3,(H,27,28)(H,29,30). The van der Waals surface area contributed by atoms with E-state index in [1.54, 1.807) is 12.1 Å². The number of aromatic amines is 2. The molecule has 0 aliphatic carbocycles. The largest absolute Gasteiger partial charge is 0.432 e. The SMILES string of the molecule is Cc1cc(-c2cccc(C(C)(C)c3cccc(-c4cc(C(F)(F)F)[nH]n4)n3)n2)n[nH]1. The molecule has 2 N–H and O–H groups in total. The zero-order chi connectivity index (χ0) is 21.5. The lowest BCUT2D eigenvalue weighted by molar-refractivity contribution is -0.141. The second-order valence-corrected chi connectivity index (χ2v) is 7.54. The number of nitrogens with zero attached hydrogens (tertiary/aromatic N) is 4. The third kappa shape index (κ3) is 3.70. The quantitative estimate of drug-likeness (QED) is 0.499. The van der Waals surface area contributed by atoms with Gasteiger partial charge < -0.3 is 0 Å². The van der Waals surface area contributed by atoms with E-state index in [0.717, 1.165) is 28.8 Å². The predicted octanol–water partition coefficient (Wildman–Crippen LogP) is 4.91. The molecule has 0 saturated heterocycles. The minimum absolute atomic E-state index is 0.133. The van der Waals surface area contributed by atoms with Crippen molar-refractivity contribution in [2.24, 2.45) is 0 Å². The highest BCUT2D eigenvalue weighted by molar-refractivity contribution is 5.57. The fourth-order valence-corrected chi connectivity index (χ4v) is 3.13. The molecule has 0 spiro atoms. The normalized spacial score (nSPS) is 12.3. The van der Waals surface area contributed by atoms with Crippen LogP contribution in [-0.2, 0) is 11.6 Å². The second kappa shape index (κ2) is 7.08. The molecule has 0 saturated carbocycles.